The Morgan fingerprint density at radius 3 is 0.818 bits per heavy atom. The minimum atomic E-state index is -0.796. The molecule has 6 nitrogen and oxygen atoms in total. The lowest BCUT2D eigenvalue weighted by Gasteiger charge is -2.18. The van der Waals surface area contributed by atoms with Crippen LogP contribution in [-0.2, 0) is 28.6 Å². The van der Waals surface area contributed by atoms with Crippen LogP contribution in [0.4, 0.5) is 0 Å². The Labute approximate surface area is 477 Å². The largest absolute Gasteiger partial charge is 0.462 e. The molecule has 0 aliphatic rings. The molecular weight excluding hydrogens is 949 g/mol. The molecular formula is C71H122O6. The van der Waals surface area contributed by atoms with E-state index in [1.165, 1.54) is 161 Å². The number of allylic oxidation sites excluding steroid dienone is 16. The van der Waals surface area contributed by atoms with Gasteiger partial charge in [-0.1, -0.05) is 279 Å². The molecule has 0 saturated heterocycles. The van der Waals surface area contributed by atoms with E-state index in [0.29, 0.717) is 19.3 Å². The van der Waals surface area contributed by atoms with E-state index in [9.17, 15) is 14.4 Å². The number of hydrogen-bond donors (Lipinski definition) is 0. The second-order valence-electron chi connectivity index (χ2n) is 21.6. The number of carbonyl (C=O) groups excluding carboxylic acids is 3. The highest BCUT2D eigenvalue weighted by Gasteiger charge is 2.19. The van der Waals surface area contributed by atoms with Crippen LogP contribution < -0.4 is 0 Å². The van der Waals surface area contributed by atoms with Gasteiger partial charge in [0, 0.05) is 19.3 Å². The molecule has 0 heterocycles. The second-order valence-corrected chi connectivity index (χ2v) is 21.6. The van der Waals surface area contributed by atoms with E-state index >= 15 is 0 Å². The maximum absolute atomic E-state index is 12.9. The molecule has 0 rings (SSSR count). The summed E-state index contributed by atoms with van der Waals surface area (Å²) in [5.74, 6) is -0.918. The van der Waals surface area contributed by atoms with Gasteiger partial charge in [0.15, 0.2) is 6.10 Å². The average Bonchev–Trinajstić information content (AvgIpc) is 3.43. The molecule has 77 heavy (non-hydrogen) atoms. The van der Waals surface area contributed by atoms with Crippen LogP contribution in [0.1, 0.15) is 316 Å². The zero-order valence-electron chi connectivity index (χ0n) is 50.7. The van der Waals surface area contributed by atoms with Crippen molar-refractivity contribution in [1.29, 1.82) is 0 Å². The molecule has 0 fully saturated rings. The molecule has 6 heteroatoms. The molecule has 0 radical (unpaired) electrons. The van der Waals surface area contributed by atoms with Crippen molar-refractivity contribution in [3.05, 3.63) is 97.2 Å². The van der Waals surface area contributed by atoms with Gasteiger partial charge in [-0.15, -0.1) is 0 Å². The Morgan fingerprint density at radius 2 is 0.506 bits per heavy atom. The standard InChI is InChI=1S/C71H122O6/c1-4-7-10-13-16-19-22-25-27-29-31-33-34-35-36-38-39-41-43-46-49-52-55-58-61-64-70(73)76-67-68(66-75-69(72)63-60-57-54-51-48-45-24-21-18-15-12-9-6-3)77-71(74)65-62-59-56-53-50-47-44-42-40-37-32-30-28-26-23-20-17-14-11-8-5-2/h8-9,11-12,17-18,20-21,26,28-29,31-32,37,45,48,68H,4-7,10,13-16,19,22-25,27,30,33-36,38-44,46-47,49-67H2,1-3H3/b11-8-,12-9-,20-17-,21-18-,28-26-,31-29-,37-32-,48-45-. The van der Waals surface area contributed by atoms with Gasteiger partial charge in [-0.2, -0.15) is 0 Å². The lowest BCUT2D eigenvalue weighted by Crippen LogP contribution is -2.30. The Bertz CT molecular complexity index is 1510. The van der Waals surface area contributed by atoms with Crippen molar-refractivity contribution >= 4 is 17.9 Å². The van der Waals surface area contributed by atoms with Crippen LogP contribution in [0.2, 0.25) is 0 Å². The third-order valence-corrected chi connectivity index (χ3v) is 14.1. The first-order valence-corrected chi connectivity index (χ1v) is 32.7. The van der Waals surface area contributed by atoms with E-state index in [4.69, 9.17) is 14.2 Å². The fourth-order valence-corrected chi connectivity index (χ4v) is 9.21. The van der Waals surface area contributed by atoms with Gasteiger partial charge in [-0.3, -0.25) is 14.4 Å². The monoisotopic (exact) mass is 1070 g/mol. The van der Waals surface area contributed by atoms with E-state index < -0.39 is 6.10 Å². The zero-order chi connectivity index (χ0) is 55.7. The second kappa shape index (κ2) is 64.9. The van der Waals surface area contributed by atoms with Gasteiger partial charge >= 0.3 is 17.9 Å². The van der Waals surface area contributed by atoms with Gasteiger partial charge in [0.25, 0.3) is 0 Å². The van der Waals surface area contributed by atoms with E-state index in [1.54, 1.807) is 0 Å². The molecule has 1 unspecified atom stereocenters. The van der Waals surface area contributed by atoms with Crippen LogP contribution in [0.3, 0.4) is 0 Å². The summed E-state index contributed by atoms with van der Waals surface area (Å²) in [5.41, 5.74) is 0. The Balaban J connectivity index is 4.32. The lowest BCUT2D eigenvalue weighted by molar-refractivity contribution is -0.167. The molecule has 0 amide bonds. The predicted molar refractivity (Wildman–Crippen MR) is 334 cm³/mol. The SMILES string of the molecule is CC/C=C\C/C=C\C/C=C\C/C=C\CCCCCCCCCCC(=O)OC(COC(=O)CCCCC/C=C\C/C=C\C/C=C\CC)COC(=O)CCCCCCCCCCCCCCC/C=C\CCCCCCCCCC. The third kappa shape index (κ3) is 63.0. The van der Waals surface area contributed by atoms with E-state index in [2.05, 4.69) is 118 Å². The van der Waals surface area contributed by atoms with Gasteiger partial charge < -0.3 is 14.2 Å². The van der Waals surface area contributed by atoms with Crippen molar-refractivity contribution in [1.82, 2.24) is 0 Å². The summed E-state index contributed by atoms with van der Waals surface area (Å²) in [7, 11) is 0. The topological polar surface area (TPSA) is 78.9 Å². The van der Waals surface area contributed by atoms with Crippen molar-refractivity contribution in [2.45, 2.75) is 322 Å². The van der Waals surface area contributed by atoms with Crippen molar-refractivity contribution < 1.29 is 28.6 Å². The Hall–Kier alpha value is -3.67. The molecule has 442 valence electrons. The van der Waals surface area contributed by atoms with Crippen molar-refractivity contribution in [3.63, 3.8) is 0 Å². The fourth-order valence-electron chi connectivity index (χ4n) is 9.21. The normalized spacial score (nSPS) is 12.7. The first kappa shape index (κ1) is 73.3. The van der Waals surface area contributed by atoms with Crippen LogP contribution in [0.5, 0.6) is 0 Å². The number of ether oxygens (including phenoxy) is 3. The highest BCUT2D eigenvalue weighted by Crippen LogP contribution is 2.16. The quantitative estimate of drug-likeness (QED) is 0.0261. The third-order valence-electron chi connectivity index (χ3n) is 14.1. The van der Waals surface area contributed by atoms with Crippen molar-refractivity contribution in [3.8, 4) is 0 Å². The van der Waals surface area contributed by atoms with Gasteiger partial charge in [0.1, 0.15) is 13.2 Å². The van der Waals surface area contributed by atoms with Crippen molar-refractivity contribution in [2.75, 3.05) is 13.2 Å². The van der Waals surface area contributed by atoms with Crippen LogP contribution in [-0.4, -0.2) is 37.2 Å². The van der Waals surface area contributed by atoms with Gasteiger partial charge in [-0.25, -0.2) is 0 Å². The predicted octanol–water partition coefficient (Wildman–Crippen LogP) is 22.4. The van der Waals surface area contributed by atoms with E-state index in [0.717, 1.165) is 116 Å². The summed E-state index contributed by atoms with van der Waals surface area (Å²) in [5, 5.41) is 0. The summed E-state index contributed by atoms with van der Waals surface area (Å²) < 4.78 is 16.9. The molecule has 0 aromatic rings. The highest BCUT2D eigenvalue weighted by atomic mass is 16.6. The Morgan fingerprint density at radius 1 is 0.273 bits per heavy atom. The summed E-state index contributed by atoms with van der Waals surface area (Å²) in [6.07, 6.45) is 87.1. The first-order chi connectivity index (χ1) is 38.0. The molecule has 0 aliphatic heterocycles. The molecule has 0 aromatic heterocycles. The minimum Gasteiger partial charge on any atom is -0.462 e. The smallest absolute Gasteiger partial charge is 0.306 e. The van der Waals surface area contributed by atoms with Crippen molar-refractivity contribution in [2.24, 2.45) is 0 Å². The molecule has 0 aliphatic carbocycles. The van der Waals surface area contributed by atoms with Gasteiger partial charge in [0.05, 0.1) is 0 Å². The number of unbranched alkanes of at least 4 members (excludes halogenated alkanes) is 32. The van der Waals surface area contributed by atoms with Gasteiger partial charge in [-0.05, 0) is 116 Å². The van der Waals surface area contributed by atoms with E-state index in [-0.39, 0.29) is 31.1 Å². The molecule has 0 aromatic carbocycles. The average molecular weight is 1070 g/mol. The maximum atomic E-state index is 12.9. The summed E-state index contributed by atoms with van der Waals surface area (Å²) in [6.45, 7) is 6.41. The summed E-state index contributed by atoms with van der Waals surface area (Å²) >= 11 is 0. The fraction of sp³-hybridized carbons (Fsp3) is 0.732. The van der Waals surface area contributed by atoms with Crippen LogP contribution in [0.15, 0.2) is 97.2 Å². The number of esters is 3. The number of hydrogen-bond acceptors (Lipinski definition) is 6. The van der Waals surface area contributed by atoms with Crippen LogP contribution >= 0.6 is 0 Å². The zero-order valence-corrected chi connectivity index (χ0v) is 50.7. The minimum absolute atomic E-state index is 0.0894. The maximum Gasteiger partial charge on any atom is 0.306 e. The van der Waals surface area contributed by atoms with Crippen LogP contribution in [0, 0.1) is 0 Å². The summed E-state index contributed by atoms with van der Waals surface area (Å²) in [4.78, 5) is 38.3. The molecule has 0 bridgehead atoms. The van der Waals surface area contributed by atoms with E-state index in [1.807, 2.05) is 0 Å². The van der Waals surface area contributed by atoms with Gasteiger partial charge in [0.2, 0.25) is 0 Å². The highest BCUT2D eigenvalue weighted by molar-refractivity contribution is 5.71. The molecule has 1 atom stereocenters. The summed E-state index contributed by atoms with van der Waals surface area (Å²) in [6, 6.07) is 0. The molecule has 0 spiro atoms. The molecule has 0 saturated carbocycles. The number of rotatable bonds is 59. The first-order valence-electron chi connectivity index (χ1n) is 32.7. The lowest BCUT2D eigenvalue weighted by atomic mass is 10.0. The molecule has 0 N–H and O–H groups in total. The van der Waals surface area contributed by atoms with Crippen LogP contribution in [0.25, 0.3) is 0 Å². The number of carbonyl (C=O) groups is 3. The Kier molecular flexibility index (Phi) is 61.8.